The van der Waals surface area contributed by atoms with Crippen molar-refractivity contribution in [1.82, 2.24) is 9.88 Å². The third-order valence-electron chi connectivity index (χ3n) is 1.97. The van der Waals surface area contributed by atoms with Gasteiger partial charge in [0.1, 0.15) is 5.84 Å². The van der Waals surface area contributed by atoms with Crippen molar-refractivity contribution in [2.45, 2.75) is 6.42 Å². The van der Waals surface area contributed by atoms with E-state index in [0.717, 1.165) is 13.0 Å². The molecule has 0 atom stereocenters. The second-order valence-electron chi connectivity index (χ2n) is 3.37. The van der Waals surface area contributed by atoms with Gasteiger partial charge < -0.3 is 5.73 Å². The number of likely N-dealkylation sites (N-methyl/N-ethyl adjacent to an activating group) is 1. The minimum atomic E-state index is 0.210. The molecular weight excluding hydrogens is 176 g/mol. The van der Waals surface area contributed by atoms with Gasteiger partial charge in [0, 0.05) is 18.9 Å². The Labute approximate surface area is 84.3 Å². The normalized spacial score (nSPS) is 10.4. The van der Waals surface area contributed by atoms with Gasteiger partial charge in [-0.2, -0.15) is 0 Å². The van der Waals surface area contributed by atoms with Gasteiger partial charge in [0.25, 0.3) is 0 Å². The van der Waals surface area contributed by atoms with Crippen molar-refractivity contribution in [1.29, 1.82) is 5.41 Å². The number of aromatic nitrogens is 1. The van der Waals surface area contributed by atoms with Gasteiger partial charge in [0.2, 0.25) is 0 Å². The molecule has 3 N–H and O–H groups in total. The lowest BCUT2D eigenvalue weighted by molar-refractivity contribution is 0.384. The van der Waals surface area contributed by atoms with E-state index >= 15 is 0 Å². The molecule has 0 aromatic carbocycles. The number of hydrogen-bond acceptors (Lipinski definition) is 3. The number of hydrogen-bond donors (Lipinski definition) is 2. The number of nitrogens with one attached hydrogen (secondary N) is 1. The van der Waals surface area contributed by atoms with Crippen LogP contribution in [0.4, 0.5) is 0 Å². The molecule has 1 rings (SSSR count). The molecule has 0 unspecified atom stereocenters. The predicted molar refractivity (Wildman–Crippen MR) is 57.4 cm³/mol. The van der Waals surface area contributed by atoms with Crippen LogP contribution < -0.4 is 5.73 Å². The van der Waals surface area contributed by atoms with Gasteiger partial charge in [-0.1, -0.05) is 0 Å². The molecule has 4 nitrogen and oxygen atoms in total. The highest BCUT2D eigenvalue weighted by atomic mass is 15.1. The maximum absolute atomic E-state index is 7.13. The van der Waals surface area contributed by atoms with Crippen LogP contribution in [-0.4, -0.2) is 35.9 Å². The SMILES string of the molecule is CN(CCc1ccncc1)CC(=N)N. The van der Waals surface area contributed by atoms with Crippen LogP contribution in [0.15, 0.2) is 24.5 Å². The van der Waals surface area contributed by atoms with Gasteiger partial charge in [-0.15, -0.1) is 0 Å². The number of nitrogens with two attached hydrogens (primary N) is 1. The third kappa shape index (κ3) is 4.00. The minimum absolute atomic E-state index is 0.210. The first-order chi connectivity index (χ1) is 6.68. The van der Waals surface area contributed by atoms with Crippen molar-refractivity contribution in [3.63, 3.8) is 0 Å². The van der Waals surface area contributed by atoms with Crippen molar-refractivity contribution in [3.8, 4) is 0 Å². The van der Waals surface area contributed by atoms with E-state index in [1.807, 2.05) is 24.1 Å². The van der Waals surface area contributed by atoms with Crippen molar-refractivity contribution in [3.05, 3.63) is 30.1 Å². The Bertz CT molecular complexity index is 283. The van der Waals surface area contributed by atoms with Crippen LogP contribution in [-0.2, 0) is 6.42 Å². The minimum Gasteiger partial charge on any atom is -0.387 e. The molecule has 76 valence electrons. The van der Waals surface area contributed by atoms with Crippen LogP contribution in [0.5, 0.6) is 0 Å². The number of rotatable bonds is 5. The molecule has 4 heteroatoms. The lowest BCUT2D eigenvalue weighted by Gasteiger charge is -2.14. The molecule has 0 radical (unpaired) electrons. The summed E-state index contributed by atoms with van der Waals surface area (Å²) in [6.07, 6.45) is 4.55. The highest BCUT2D eigenvalue weighted by Gasteiger charge is 2.00. The quantitative estimate of drug-likeness (QED) is 0.527. The van der Waals surface area contributed by atoms with Crippen molar-refractivity contribution < 1.29 is 0 Å². The molecule has 1 aromatic heterocycles. The molecule has 0 bridgehead atoms. The summed E-state index contributed by atoms with van der Waals surface area (Å²) in [5.74, 6) is 0.210. The first kappa shape index (κ1) is 10.7. The average molecular weight is 192 g/mol. The molecule has 0 saturated carbocycles. The molecule has 0 aliphatic heterocycles. The second kappa shape index (κ2) is 5.34. The van der Waals surface area contributed by atoms with E-state index in [4.69, 9.17) is 11.1 Å². The van der Waals surface area contributed by atoms with Crippen LogP contribution in [0.25, 0.3) is 0 Å². The Morgan fingerprint density at radius 1 is 1.50 bits per heavy atom. The molecule has 1 heterocycles. The first-order valence-electron chi connectivity index (χ1n) is 4.59. The van der Waals surface area contributed by atoms with Gasteiger partial charge in [0.05, 0.1) is 6.54 Å². The van der Waals surface area contributed by atoms with E-state index < -0.39 is 0 Å². The van der Waals surface area contributed by atoms with E-state index in [1.54, 1.807) is 12.4 Å². The Morgan fingerprint density at radius 3 is 2.71 bits per heavy atom. The Hall–Kier alpha value is -1.42. The molecule has 0 aliphatic carbocycles. The van der Waals surface area contributed by atoms with Crippen LogP contribution >= 0.6 is 0 Å². The van der Waals surface area contributed by atoms with E-state index in [0.29, 0.717) is 6.54 Å². The van der Waals surface area contributed by atoms with E-state index in [2.05, 4.69) is 4.98 Å². The average Bonchev–Trinajstić information content (AvgIpc) is 2.15. The monoisotopic (exact) mass is 192 g/mol. The van der Waals surface area contributed by atoms with Crippen LogP contribution in [0.1, 0.15) is 5.56 Å². The van der Waals surface area contributed by atoms with Crippen molar-refractivity contribution >= 4 is 5.84 Å². The van der Waals surface area contributed by atoms with E-state index in [-0.39, 0.29) is 5.84 Å². The highest BCUT2D eigenvalue weighted by Crippen LogP contribution is 1.98. The zero-order valence-corrected chi connectivity index (χ0v) is 8.40. The summed E-state index contributed by atoms with van der Waals surface area (Å²) in [7, 11) is 1.96. The largest absolute Gasteiger partial charge is 0.387 e. The summed E-state index contributed by atoms with van der Waals surface area (Å²) in [6, 6.07) is 4.00. The molecule has 0 saturated heterocycles. The summed E-state index contributed by atoms with van der Waals surface area (Å²) in [4.78, 5) is 5.98. The maximum Gasteiger partial charge on any atom is 0.105 e. The fourth-order valence-electron chi connectivity index (χ4n) is 1.24. The van der Waals surface area contributed by atoms with Crippen LogP contribution in [0.3, 0.4) is 0 Å². The van der Waals surface area contributed by atoms with Crippen LogP contribution in [0, 0.1) is 5.41 Å². The fourth-order valence-corrected chi connectivity index (χ4v) is 1.24. The Balaban J connectivity index is 2.30. The van der Waals surface area contributed by atoms with E-state index in [9.17, 15) is 0 Å². The van der Waals surface area contributed by atoms with Gasteiger partial charge in [-0.05, 0) is 31.2 Å². The summed E-state index contributed by atoms with van der Waals surface area (Å²) < 4.78 is 0. The topological polar surface area (TPSA) is 66.0 Å². The second-order valence-corrected chi connectivity index (χ2v) is 3.37. The molecule has 1 aromatic rings. The molecule has 14 heavy (non-hydrogen) atoms. The highest BCUT2D eigenvalue weighted by molar-refractivity contribution is 5.78. The third-order valence-corrected chi connectivity index (χ3v) is 1.97. The number of amidine groups is 1. The Morgan fingerprint density at radius 2 is 2.14 bits per heavy atom. The van der Waals surface area contributed by atoms with Gasteiger partial charge >= 0.3 is 0 Å². The molecule has 0 aliphatic rings. The van der Waals surface area contributed by atoms with Crippen molar-refractivity contribution in [2.24, 2.45) is 5.73 Å². The lowest BCUT2D eigenvalue weighted by atomic mass is 10.2. The standard InChI is InChI=1S/C10H16N4/c1-14(8-10(11)12)7-4-9-2-5-13-6-3-9/h2-3,5-6H,4,7-8H2,1H3,(H3,11,12). The van der Waals surface area contributed by atoms with Crippen molar-refractivity contribution in [2.75, 3.05) is 20.1 Å². The molecular formula is C10H16N4. The van der Waals surface area contributed by atoms with E-state index in [1.165, 1.54) is 5.56 Å². The van der Waals surface area contributed by atoms with Crippen LogP contribution in [0.2, 0.25) is 0 Å². The molecule has 0 amide bonds. The summed E-state index contributed by atoms with van der Waals surface area (Å²) in [5.41, 5.74) is 6.55. The zero-order chi connectivity index (χ0) is 10.4. The van der Waals surface area contributed by atoms with Gasteiger partial charge in [0.15, 0.2) is 0 Å². The number of nitrogens with zero attached hydrogens (tertiary/aromatic N) is 2. The summed E-state index contributed by atoms with van der Waals surface area (Å²) in [6.45, 7) is 1.44. The smallest absolute Gasteiger partial charge is 0.105 e. The molecule has 0 fully saturated rings. The maximum atomic E-state index is 7.13. The predicted octanol–water partition coefficient (Wildman–Crippen LogP) is 0.492. The summed E-state index contributed by atoms with van der Waals surface area (Å²) >= 11 is 0. The fraction of sp³-hybridized carbons (Fsp3) is 0.400. The first-order valence-corrected chi connectivity index (χ1v) is 4.59. The molecule has 0 spiro atoms. The van der Waals surface area contributed by atoms with Gasteiger partial charge in [-0.25, -0.2) is 0 Å². The Kier molecular flexibility index (Phi) is 4.07. The lowest BCUT2D eigenvalue weighted by Crippen LogP contribution is -2.31. The summed E-state index contributed by atoms with van der Waals surface area (Å²) in [5, 5.41) is 7.13. The number of pyridine rings is 1. The zero-order valence-electron chi connectivity index (χ0n) is 8.40. The van der Waals surface area contributed by atoms with Gasteiger partial charge in [-0.3, -0.25) is 15.3 Å².